The Morgan fingerprint density at radius 2 is 1.97 bits per heavy atom. The van der Waals surface area contributed by atoms with Crippen LogP contribution in [-0.2, 0) is 28.8 Å². The zero-order valence-electron chi connectivity index (χ0n) is 24.4. The zero-order chi connectivity index (χ0) is 27.2. The van der Waals surface area contributed by atoms with Crippen molar-refractivity contribution in [3.63, 3.8) is 0 Å². The lowest BCUT2D eigenvalue weighted by Gasteiger charge is -2.59. The van der Waals surface area contributed by atoms with Crippen LogP contribution < -0.4 is 0 Å². The standard InChI is InChI=1S/C32H48O6/c1-7-8-19-35-23(3)36-32(16-13-28(33)34-6)15-12-27-25-10-9-24-21-31(20-22(2)37-38-31)18-17-29(24,4)26(25)11-14-30(27,32)5/h9,22-23,25-27H,7-8,10-12,14-15,17-21H2,1-6H3/t22?,23?,25-,26+,27+,29+,30+,31?,32-/m1/s1. The SMILES string of the molecule is CCCCOC(C)O[C@@]1(C#CC(=O)OC)CC[C@H]2[C@@H]3CC=C4CC5(CC[C@]4(C)[C@H]3CC[C@@]21C)CC(C)OO5. The summed E-state index contributed by atoms with van der Waals surface area (Å²) < 4.78 is 17.7. The molecular formula is C32H48O6. The normalized spacial score (nSPS) is 44.3. The Labute approximate surface area is 229 Å². The van der Waals surface area contributed by atoms with E-state index in [1.165, 1.54) is 7.11 Å². The maximum atomic E-state index is 12.1. The highest BCUT2D eigenvalue weighted by Gasteiger charge is 2.65. The number of allylic oxidation sites excluding steroid dienone is 1. The van der Waals surface area contributed by atoms with Crippen LogP contribution in [0.4, 0.5) is 0 Å². The minimum Gasteiger partial charge on any atom is -0.459 e. The van der Waals surface area contributed by atoms with Crippen LogP contribution in [0.25, 0.3) is 0 Å². The van der Waals surface area contributed by atoms with E-state index in [0.29, 0.717) is 24.4 Å². The van der Waals surface area contributed by atoms with E-state index < -0.39 is 11.6 Å². The monoisotopic (exact) mass is 528 g/mol. The van der Waals surface area contributed by atoms with Gasteiger partial charge in [0.05, 0.1) is 13.2 Å². The first-order valence-electron chi connectivity index (χ1n) is 15.0. The van der Waals surface area contributed by atoms with E-state index in [0.717, 1.165) is 70.6 Å². The quantitative estimate of drug-likeness (QED) is 0.0744. The molecule has 9 atom stereocenters. The second-order valence-corrected chi connectivity index (χ2v) is 13.3. The van der Waals surface area contributed by atoms with Crippen LogP contribution in [0.15, 0.2) is 11.6 Å². The Hall–Kier alpha value is -1.39. The molecule has 0 radical (unpaired) electrons. The molecule has 1 heterocycles. The highest BCUT2D eigenvalue weighted by molar-refractivity contribution is 5.88. The number of rotatable bonds is 6. The summed E-state index contributed by atoms with van der Waals surface area (Å²) in [6, 6.07) is 0. The molecule has 212 valence electrons. The Kier molecular flexibility index (Phi) is 7.81. The Morgan fingerprint density at radius 1 is 1.18 bits per heavy atom. The molecule has 6 nitrogen and oxygen atoms in total. The fourth-order valence-corrected chi connectivity index (χ4v) is 9.06. The number of unbranched alkanes of at least 4 members (excludes halogenated alkanes) is 1. The molecule has 3 unspecified atom stereocenters. The summed E-state index contributed by atoms with van der Waals surface area (Å²) >= 11 is 0. The molecule has 4 fully saturated rings. The van der Waals surface area contributed by atoms with Gasteiger partial charge in [-0.25, -0.2) is 14.6 Å². The van der Waals surface area contributed by atoms with Crippen molar-refractivity contribution in [3.05, 3.63) is 11.6 Å². The maximum Gasteiger partial charge on any atom is 0.384 e. The van der Waals surface area contributed by atoms with E-state index in [1.807, 2.05) is 6.92 Å². The van der Waals surface area contributed by atoms with Gasteiger partial charge < -0.3 is 14.2 Å². The average Bonchev–Trinajstić information content (AvgIpc) is 3.40. The smallest absolute Gasteiger partial charge is 0.384 e. The van der Waals surface area contributed by atoms with Crippen molar-refractivity contribution < 1.29 is 28.8 Å². The van der Waals surface area contributed by atoms with Crippen LogP contribution in [-0.4, -0.2) is 43.3 Å². The predicted molar refractivity (Wildman–Crippen MR) is 145 cm³/mol. The van der Waals surface area contributed by atoms with Gasteiger partial charge in [0.15, 0.2) is 6.29 Å². The second-order valence-electron chi connectivity index (χ2n) is 13.3. The van der Waals surface area contributed by atoms with Crippen LogP contribution in [0.2, 0.25) is 0 Å². The number of carbonyl (C=O) groups excluding carboxylic acids is 1. The predicted octanol–water partition coefficient (Wildman–Crippen LogP) is 6.52. The van der Waals surface area contributed by atoms with Crippen molar-refractivity contribution >= 4 is 5.97 Å². The van der Waals surface area contributed by atoms with Crippen molar-refractivity contribution in [1.82, 2.24) is 0 Å². The first-order valence-corrected chi connectivity index (χ1v) is 15.0. The van der Waals surface area contributed by atoms with Gasteiger partial charge in [0.25, 0.3) is 0 Å². The summed E-state index contributed by atoms with van der Waals surface area (Å²) in [6.45, 7) is 11.8. The van der Waals surface area contributed by atoms with Gasteiger partial charge in [-0.2, -0.15) is 0 Å². The van der Waals surface area contributed by atoms with E-state index in [2.05, 4.69) is 45.6 Å². The minimum atomic E-state index is -0.713. The van der Waals surface area contributed by atoms with Crippen LogP contribution in [0.3, 0.4) is 0 Å². The molecule has 5 rings (SSSR count). The van der Waals surface area contributed by atoms with Gasteiger partial charge in [-0.1, -0.05) is 44.8 Å². The van der Waals surface area contributed by atoms with Crippen LogP contribution in [0, 0.1) is 40.4 Å². The third-order valence-electron chi connectivity index (χ3n) is 11.2. The molecule has 38 heavy (non-hydrogen) atoms. The zero-order valence-corrected chi connectivity index (χ0v) is 24.4. The van der Waals surface area contributed by atoms with Crippen LogP contribution in [0.5, 0.6) is 0 Å². The highest BCUT2D eigenvalue weighted by atomic mass is 17.2. The number of hydrogen-bond donors (Lipinski definition) is 0. The van der Waals surface area contributed by atoms with Crippen LogP contribution in [0.1, 0.15) is 105 Å². The molecule has 0 bridgehead atoms. The van der Waals surface area contributed by atoms with Crippen molar-refractivity contribution in [2.24, 2.45) is 28.6 Å². The molecule has 1 aliphatic heterocycles. The van der Waals surface area contributed by atoms with E-state index in [4.69, 9.17) is 24.0 Å². The number of carbonyl (C=O) groups is 1. The van der Waals surface area contributed by atoms with Crippen molar-refractivity contribution in [2.75, 3.05) is 13.7 Å². The topological polar surface area (TPSA) is 63.2 Å². The molecule has 0 amide bonds. The first-order chi connectivity index (χ1) is 18.1. The van der Waals surface area contributed by atoms with E-state index in [-0.39, 0.29) is 28.8 Å². The Balaban J connectivity index is 1.41. The molecule has 3 saturated carbocycles. The molecule has 1 saturated heterocycles. The van der Waals surface area contributed by atoms with E-state index in [9.17, 15) is 4.79 Å². The molecule has 1 spiro atoms. The van der Waals surface area contributed by atoms with Crippen molar-refractivity contribution in [1.29, 1.82) is 0 Å². The fourth-order valence-electron chi connectivity index (χ4n) is 9.06. The Bertz CT molecular complexity index is 996. The van der Waals surface area contributed by atoms with E-state index in [1.54, 1.807) is 5.57 Å². The summed E-state index contributed by atoms with van der Waals surface area (Å²) in [5.41, 5.74) is 0.817. The van der Waals surface area contributed by atoms with Gasteiger partial charge in [0, 0.05) is 30.8 Å². The maximum absolute atomic E-state index is 12.1. The van der Waals surface area contributed by atoms with Crippen LogP contribution >= 0.6 is 0 Å². The molecule has 0 aromatic heterocycles. The molecule has 0 aromatic rings. The van der Waals surface area contributed by atoms with Gasteiger partial charge >= 0.3 is 5.97 Å². The van der Waals surface area contributed by atoms with Crippen molar-refractivity contribution in [3.8, 4) is 11.8 Å². The lowest BCUT2D eigenvalue weighted by molar-refractivity contribution is -0.329. The summed E-state index contributed by atoms with van der Waals surface area (Å²) in [7, 11) is 1.38. The van der Waals surface area contributed by atoms with Gasteiger partial charge in [0.1, 0.15) is 11.2 Å². The third kappa shape index (κ3) is 4.66. The summed E-state index contributed by atoms with van der Waals surface area (Å²) in [5, 5.41) is 0. The third-order valence-corrected chi connectivity index (χ3v) is 11.2. The number of ether oxygens (including phenoxy) is 3. The Morgan fingerprint density at radius 3 is 2.68 bits per heavy atom. The number of hydrogen-bond acceptors (Lipinski definition) is 6. The molecule has 4 aliphatic carbocycles. The largest absolute Gasteiger partial charge is 0.459 e. The summed E-state index contributed by atoms with van der Waals surface area (Å²) in [4.78, 5) is 23.6. The lowest BCUT2D eigenvalue weighted by atomic mass is 9.46. The van der Waals surface area contributed by atoms with E-state index >= 15 is 0 Å². The molecule has 0 aromatic carbocycles. The molecule has 6 heteroatoms. The number of esters is 1. The lowest BCUT2D eigenvalue weighted by Crippen LogP contribution is -2.56. The summed E-state index contributed by atoms with van der Waals surface area (Å²) in [5.74, 6) is 7.34. The molecule has 0 N–H and O–H groups in total. The first kappa shape index (κ1) is 28.1. The molecule has 5 aliphatic rings. The second kappa shape index (κ2) is 10.5. The van der Waals surface area contributed by atoms with Crippen molar-refractivity contribution in [2.45, 2.75) is 129 Å². The number of fused-ring (bicyclic) bond motifs is 5. The highest BCUT2D eigenvalue weighted by Crippen LogP contribution is 2.68. The number of methoxy groups -OCH3 is 1. The average molecular weight is 529 g/mol. The molecular weight excluding hydrogens is 480 g/mol. The summed E-state index contributed by atoms with van der Waals surface area (Å²) in [6.07, 6.45) is 13.9. The minimum absolute atomic E-state index is 0.130. The van der Waals surface area contributed by atoms with Gasteiger partial charge in [-0.3, -0.25) is 0 Å². The van der Waals surface area contributed by atoms with Gasteiger partial charge in [-0.05, 0) is 88.4 Å². The van der Waals surface area contributed by atoms with Gasteiger partial charge in [-0.15, -0.1) is 0 Å². The fraction of sp³-hybridized carbons (Fsp3) is 0.844. The van der Waals surface area contributed by atoms with Gasteiger partial charge in [0.2, 0.25) is 0 Å².